The van der Waals surface area contributed by atoms with Gasteiger partial charge in [-0.2, -0.15) is 0 Å². The highest BCUT2D eigenvalue weighted by Crippen LogP contribution is 2.17. The average Bonchev–Trinajstić information content (AvgIpc) is 2.63. The van der Waals surface area contributed by atoms with E-state index < -0.39 is 0 Å². The molecule has 1 fully saturated rings. The number of aryl methyl sites for hydroxylation is 1. The highest BCUT2D eigenvalue weighted by molar-refractivity contribution is 5.98. The van der Waals surface area contributed by atoms with E-state index >= 15 is 0 Å². The van der Waals surface area contributed by atoms with Crippen LogP contribution in [0.2, 0.25) is 0 Å². The zero-order chi connectivity index (χ0) is 14.5. The molecule has 5 heteroatoms. The first-order chi connectivity index (χ1) is 9.61. The van der Waals surface area contributed by atoms with Gasteiger partial charge in [-0.05, 0) is 44.0 Å². The van der Waals surface area contributed by atoms with E-state index in [0.29, 0.717) is 18.7 Å². The van der Waals surface area contributed by atoms with Gasteiger partial charge in [-0.1, -0.05) is 0 Å². The average molecular weight is 275 g/mol. The molecule has 0 aromatic heterocycles. The smallest absolute Gasteiger partial charge is 0.254 e. The van der Waals surface area contributed by atoms with Crippen LogP contribution < -0.4 is 10.6 Å². The summed E-state index contributed by atoms with van der Waals surface area (Å²) in [6.45, 7) is 6.20. The number of benzene rings is 1. The Morgan fingerprint density at radius 2 is 2.25 bits per heavy atom. The summed E-state index contributed by atoms with van der Waals surface area (Å²) in [6.07, 6.45) is 0.798. The maximum Gasteiger partial charge on any atom is 0.254 e. The fraction of sp³-hybridized carbons (Fsp3) is 0.467. The number of rotatable bonds is 3. The van der Waals surface area contributed by atoms with Gasteiger partial charge in [0.2, 0.25) is 5.91 Å². The van der Waals surface area contributed by atoms with Crippen molar-refractivity contribution in [3.8, 4) is 0 Å². The van der Waals surface area contributed by atoms with Crippen molar-refractivity contribution in [1.29, 1.82) is 0 Å². The van der Waals surface area contributed by atoms with Gasteiger partial charge in [0.1, 0.15) is 0 Å². The van der Waals surface area contributed by atoms with Gasteiger partial charge < -0.3 is 15.5 Å². The molecule has 0 bridgehead atoms. The van der Waals surface area contributed by atoms with Gasteiger partial charge in [0.15, 0.2) is 0 Å². The third-order valence-corrected chi connectivity index (χ3v) is 3.39. The van der Waals surface area contributed by atoms with Gasteiger partial charge in [-0.25, -0.2) is 0 Å². The molecule has 0 radical (unpaired) electrons. The van der Waals surface area contributed by atoms with Crippen molar-refractivity contribution < 1.29 is 9.59 Å². The van der Waals surface area contributed by atoms with E-state index in [9.17, 15) is 9.59 Å². The van der Waals surface area contributed by atoms with Gasteiger partial charge >= 0.3 is 0 Å². The van der Waals surface area contributed by atoms with E-state index in [-0.39, 0.29) is 18.4 Å². The van der Waals surface area contributed by atoms with Gasteiger partial charge in [0.05, 0.1) is 6.54 Å². The summed E-state index contributed by atoms with van der Waals surface area (Å²) in [5.74, 6) is -0.152. The van der Waals surface area contributed by atoms with Gasteiger partial charge in [0.25, 0.3) is 5.91 Å². The quantitative estimate of drug-likeness (QED) is 0.876. The Kier molecular flexibility index (Phi) is 4.61. The summed E-state index contributed by atoms with van der Waals surface area (Å²) in [5, 5.41) is 6.00. The Morgan fingerprint density at radius 3 is 2.95 bits per heavy atom. The van der Waals surface area contributed by atoms with Crippen LogP contribution in [0.15, 0.2) is 18.2 Å². The number of carbonyl (C=O) groups is 2. The first kappa shape index (κ1) is 14.4. The number of nitrogens with one attached hydrogen (secondary N) is 2. The van der Waals surface area contributed by atoms with Crippen molar-refractivity contribution in [2.45, 2.75) is 20.3 Å². The van der Waals surface area contributed by atoms with Crippen LogP contribution in [0.3, 0.4) is 0 Å². The molecule has 1 aromatic rings. The molecule has 2 rings (SSSR count). The molecule has 0 atom stereocenters. The molecule has 0 spiro atoms. The number of amides is 2. The molecule has 0 unspecified atom stereocenters. The SMILES string of the molecule is CCNc1ccc(C(=O)N2CCCNC(=O)C2)c(C)c1. The Bertz CT molecular complexity index is 514. The lowest BCUT2D eigenvalue weighted by atomic mass is 10.1. The maximum absolute atomic E-state index is 12.5. The zero-order valence-corrected chi connectivity index (χ0v) is 12.0. The molecule has 108 valence electrons. The summed E-state index contributed by atoms with van der Waals surface area (Å²) >= 11 is 0. The Hall–Kier alpha value is -2.04. The second kappa shape index (κ2) is 6.41. The Labute approximate surface area is 119 Å². The van der Waals surface area contributed by atoms with Gasteiger partial charge in [0, 0.05) is 30.9 Å². The van der Waals surface area contributed by atoms with Crippen LogP contribution in [0.25, 0.3) is 0 Å². The highest BCUT2D eigenvalue weighted by Gasteiger charge is 2.22. The second-order valence-electron chi connectivity index (χ2n) is 4.99. The molecule has 2 amide bonds. The van der Waals surface area contributed by atoms with Crippen molar-refractivity contribution in [3.05, 3.63) is 29.3 Å². The Balaban J connectivity index is 2.17. The first-order valence-corrected chi connectivity index (χ1v) is 7.02. The summed E-state index contributed by atoms with van der Waals surface area (Å²) in [6, 6.07) is 5.70. The second-order valence-corrected chi connectivity index (χ2v) is 4.99. The summed E-state index contributed by atoms with van der Waals surface area (Å²) in [5.41, 5.74) is 2.61. The lowest BCUT2D eigenvalue weighted by molar-refractivity contribution is -0.121. The van der Waals surface area contributed by atoms with Gasteiger partial charge in [-0.15, -0.1) is 0 Å². The topological polar surface area (TPSA) is 61.4 Å². The third-order valence-electron chi connectivity index (χ3n) is 3.39. The number of hydrogen-bond donors (Lipinski definition) is 2. The van der Waals surface area contributed by atoms with E-state index in [1.54, 1.807) is 4.90 Å². The van der Waals surface area contributed by atoms with Crippen molar-refractivity contribution in [2.24, 2.45) is 0 Å². The van der Waals surface area contributed by atoms with Crippen molar-refractivity contribution in [3.63, 3.8) is 0 Å². The van der Waals surface area contributed by atoms with Crippen LogP contribution >= 0.6 is 0 Å². The summed E-state index contributed by atoms with van der Waals surface area (Å²) in [7, 11) is 0. The number of anilines is 1. The normalized spacial score (nSPS) is 15.5. The number of hydrogen-bond acceptors (Lipinski definition) is 3. The van der Waals surface area contributed by atoms with Crippen LogP contribution in [0.5, 0.6) is 0 Å². The monoisotopic (exact) mass is 275 g/mol. The molecule has 2 N–H and O–H groups in total. The van der Waals surface area contributed by atoms with Crippen LogP contribution in [-0.2, 0) is 4.79 Å². The lowest BCUT2D eigenvalue weighted by Gasteiger charge is -2.20. The van der Waals surface area contributed by atoms with E-state index in [2.05, 4.69) is 10.6 Å². The number of carbonyl (C=O) groups excluding carboxylic acids is 2. The fourth-order valence-electron chi connectivity index (χ4n) is 2.37. The predicted molar refractivity (Wildman–Crippen MR) is 78.9 cm³/mol. The molecule has 1 heterocycles. The van der Waals surface area contributed by atoms with Crippen LogP contribution in [0, 0.1) is 6.92 Å². The zero-order valence-electron chi connectivity index (χ0n) is 12.0. The highest BCUT2D eigenvalue weighted by atomic mass is 16.2. The standard InChI is InChI=1S/C15H21N3O2/c1-3-16-12-5-6-13(11(2)9-12)15(20)18-8-4-7-17-14(19)10-18/h5-6,9,16H,3-4,7-8,10H2,1-2H3,(H,17,19). The third kappa shape index (κ3) is 3.29. The van der Waals surface area contributed by atoms with Crippen LogP contribution in [0.1, 0.15) is 29.3 Å². The fourth-order valence-corrected chi connectivity index (χ4v) is 2.37. The molecule has 1 aliphatic heterocycles. The molecule has 1 aromatic carbocycles. The first-order valence-electron chi connectivity index (χ1n) is 7.02. The van der Waals surface area contributed by atoms with E-state index in [1.165, 1.54) is 0 Å². The van der Waals surface area contributed by atoms with Crippen molar-refractivity contribution >= 4 is 17.5 Å². The minimum atomic E-state index is -0.0854. The molecular formula is C15H21N3O2. The molecule has 0 saturated carbocycles. The minimum Gasteiger partial charge on any atom is -0.385 e. The predicted octanol–water partition coefficient (Wildman–Crippen LogP) is 1.39. The van der Waals surface area contributed by atoms with E-state index in [4.69, 9.17) is 0 Å². The van der Waals surface area contributed by atoms with Crippen LogP contribution in [0.4, 0.5) is 5.69 Å². The van der Waals surface area contributed by atoms with E-state index in [1.807, 2.05) is 32.0 Å². The summed E-state index contributed by atoms with van der Waals surface area (Å²) < 4.78 is 0. The van der Waals surface area contributed by atoms with E-state index in [0.717, 1.165) is 24.2 Å². The molecule has 0 aliphatic carbocycles. The number of nitrogens with zero attached hydrogens (tertiary/aromatic N) is 1. The van der Waals surface area contributed by atoms with Crippen molar-refractivity contribution in [1.82, 2.24) is 10.2 Å². The minimum absolute atomic E-state index is 0.0670. The molecule has 20 heavy (non-hydrogen) atoms. The maximum atomic E-state index is 12.5. The molecule has 1 saturated heterocycles. The Morgan fingerprint density at radius 1 is 1.45 bits per heavy atom. The molecule has 5 nitrogen and oxygen atoms in total. The lowest BCUT2D eigenvalue weighted by Crippen LogP contribution is -2.37. The van der Waals surface area contributed by atoms with Crippen LogP contribution in [-0.4, -0.2) is 42.9 Å². The summed E-state index contributed by atoms with van der Waals surface area (Å²) in [4.78, 5) is 25.7. The van der Waals surface area contributed by atoms with Gasteiger partial charge in [-0.3, -0.25) is 9.59 Å². The largest absolute Gasteiger partial charge is 0.385 e. The molecular weight excluding hydrogens is 254 g/mol. The molecule has 1 aliphatic rings. The van der Waals surface area contributed by atoms with Crippen molar-refractivity contribution in [2.75, 3.05) is 31.5 Å².